The molecule has 0 heterocycles. The fourth-order valence-electron chi connectivity index (χ4n) is 1.06. The van der Waals surface area contributed by atoms with Crippen LogP contribution in [-0.4, -0.2) is 10.9 Å². The molecule has 13 heavy (non-hydrogen) atoms. The quantitative estimate of drug-likeness (QED) is 0.555. The zero-order valence-corrected chi connectivity index (χ0v) is 7.74. The lowest BCUT2D eigenvalue weighted by atomic mass is 10.1. The van der Waals surface area contributed by atoms with Crippen molar-refractivity contribution >= 4 is 5.78 Å². The topological polar surface area (TPSA) is 37.3 Å². The summed E-state index contributed by atoms with van der Waals surface area (Å²) in [4.78, 5) is 11.3. The molecule has 0 aromatic heterocycles. The minimum atomic E-state index is -0.0365. The molecule has 2 nitrogen and oxygen atoms in total. The number of carbonyl (C=O) groups is 1. The molecule has 68 valence electrons. The highest BCUT2D eigenvalue weighted by Gasteiger charge is 2.03. The molecule has 0 radical (unpaired) electrons. The predicted octanol–water partition coefficient (Wildman–Crippen LogP) is 2.46. The second kappa shape index (κ2) is 3.90. The third kappa shape index (κ3) is 2.18. The van der Waals surface area contributed by atoms with Crippen LogP contribution in [0.5, 0.6) is 5.75 Å². The van der Waals surface area contributed by atoms with Gasteiger partial charge in [0, 0.05) is 5.56 Å². The highest BCUT2D eigenvalue weighted by molar-refractivity contribution is 6.04. The molecule has 1 aromatic carbocycles. The van der Waals surface area contributed by atoms with Gasteiger partial charge in [-0.1, -0.05) is 6.08 Å². The maximum atomic E-state index is 11.3. The minimum Gasteiger partial charge on any atom is -0.508 e. The van der Waals surface area contributed by atoms with E-state index in [2.05, 4.69) is 0 Å². The van der Waals surface area contributed by atoms with Crippen molar-refractivity contribution in [1.29, 1.82) is 0 Å². The molecule has 0 fully saturated rings. The summed E-state index contributed by atoms with van der Waals surface area (Å²) in [5, 5.41) is 9.23. The average Bonchev–Trinajstić information content (AvgIpc) is 2.10. The van der Waals surface area contributed by atoms with Crippen LogP contribution in [0.4, 0.5) is 0 Å². The summed E-state index contributed by atoms with van der Waals surface area (Å²) in [6, 6.07) is 4.83. The molecular formula is C11H12O2. The maximum absolute atomic E-state index is 11.3. The summed E-state index contributed by atoms with van der Waals surface area (Å²) >= 11 is 0. The molecule has 0 aliphatic heterocycles. The van der Waals surface area contributed by atoms with Crippen molar-refractivity contribution in [3.8, 4) is 5.75 Å². The van der Waals surface area contributed by atoms with Crippen LogP contribution in [0.1, 0.15) is 22.8 Å². The summed E-state index contributed by atoms with van der Waals surface area (Å²) in [6.45, 7) is 3.56. The van der Waals surface area contributed by atoms with Crippen LogP contribution < -0.4 is 0 Å². The SMILES string of the molecule is CC=CC(=O)c1ccc(O)c(C)c1. The van der Waals surface area contributed by atoms with Gasteiger partial charge in [0.2, 0.25) is 0 Å². The van der Waals surface area contributed by atoms with E-state index in [9.17, 15) is 9.90 Å². The standard InChI is InChI=1S/C11H12O2/c1-3-4-11(13)9-5-6-10(12)8(2)7-9/h3-7,12H,1-2H3. The zero-order chi connectivity index (χ0) is 9.84. The van der Waals surface area contributed by atoms with Crippen molar-refractivity contribution in [3.63, 3.8) is 0 Å². The number of carbonyl (C=O) groups excluding carboxylic acids is 1. The molecule has 1 aromatic rings. The first kappa shape index (κ1) is 9.52. The summed E-state index contributed by atoms with van der Waals surface area (Å²) < 4.78 is 0. The van der Waals surface area contributed by atoms with Crippen molar-refractivity contribution in [3.05, 3.63) is 41.5 Å². The molecule has 0 saturated heterocycles. The lowest BCUT2D eigenvalue weighted by molar-refractivity contribution is 0.104. The van der Waals surface area contributed by atoms with E-state index in [4.69, 9.17) is 0 Å². The Morgan fingerprint density at radius 3 is 2.69 bits per heavy atom. The lowest BCUT2D eigenvalue weighted by Gasteiger charge is -2.00. The third-order valence-electron chi connectivity index (χ3n) is 1.80. The van der Waals surface area contributed by atoms with Gasteiger partial charge in [0.1, 0.15) is 5.75 Å². The van der Waals surface area contributed by atoms with Gasteiger partial charge in [0.15, 0.2) is 5.78 Å². The number of hydrogen-bond acceptors (Lipinski definition) is 2. The molecule has 0 saturated carbocycles. The second-order valence-electron chi connectivity index (χ2n) is 2.87. The predicted molar refractivity (Wildman–Crippen MR) is 52.0 cm³/mol. The number of hydrogen-bond donors (Lipinski definition) is 1. The van der Waals surface area contributed by atoms with Gasteiger partial charge in [-0.15, -0.1) is 0 Å². The Balaban J connectivity index is 3.04. The Bertz CT molecular complexity index is 351. The van der Waals surface area contributed by atoms with E-state index >= 15 is 0 Å². The lowest BCUT2D eigenvalue weighted by Crippen LogP contribution is -1.94. The Labute approximate surface area is 77.5 Å². The fourth-order valence-corrected chi connectivity index (χ4v) is 1.06. The van der Waals surface area contributed by atoms with Crippen LogP contribution in [0.3, 0.4) is 0 Å². The molecule has 1 rings (SSSR count). The number of aryl methyl sites for hydroxylation is 1. The molecule has 2 heteroatoms. The van der Waals surface area contributed by atoms with Gasteiger partial charge in [-0.3, -0.25) is 4.79 Å². The van der Waals surface area contributed by atoms with E-state index in [0.717, 1.165) is 5.56 Å². The molecule has 1 N–H and O–H groups in total. The van der Waals surface area contributed by atoms with Gasteiger partial charge in [0.25, 0.3) is 0 Å². The Kier molecular flexibility index (Phi) is 2.85. The maximum Gasteiger partial charge on any atom is 0.185 e. The molecule has 0 amide bonds. The number of allylic oxidation sites excluding steroid dienone is 2. The van der Waals surface area contributed by atoms with E-state index in [0.29, 0.717) is 5.56 Å². The first-order valence-corrected chi connectivity index (χ1v) is 4.12. The Morgan fingerprint density at radius 2 is 2.15 bits per heavy atom. The zero-order valence-electron chi connectivity index (χ0n) is 7.74. The Hall–Kier alpha value is -1.57. The fraction of sp³-hybridized carbons (Fsp3) is 0.182. The van der Waals surface area contributed by atoms with Crippen molar-refractivity contribution in [1.82, 2.24) is 0 Å². The number of rotatable bonds is 2. The van der Waals surface area contributed by atoms with Crippen LogP contribution >= 0.6 is 0 Å². The third-order valence-corrected chi connectivity index (χ3v) is 1.80. The van der Waals surface area contributed by atoms with E-state index in [-0.39, 0.29) is 11.5 Å². The van der Waals surface area contributed by atoms with Crippen LogP contribution in [0.15, 0.2) is 30.4 Å². The Morgan fingerprint density at radius 1 is 1.46 bits per heavy atom. The first-order chi connectivity index (χ1) is 6.15. The van der Waals surface area contributed by atoms with E-state index in [1.54, 1.807) is 32.1 Å². The molecule has 0 spiro atoms. The number of benzene rings is 1. The number of aromatic hydroxyl groups is 1. The van der Waals surface area contributed by atoms with Gasteiger partial charge in [-0.2, -0.15) is 0 Å². The first-order valence-electron chi connectivity index (χ1n) is 4.12. The number of phenols is 1. The summed E-state index contributed by atoms with van der Waals surface area (Å²) in [7, 11) is 0. The molecule has 0 aliphatic rings. The molecule has 0 atom stereocenters. The number of phenolic OH excluding ortho intramolecular Hbond substituents is 1. The van der Waals surface area contributed by atoms with Crippen LogP contribution in [-0.2, 0) is 0 Å². The summed E-state index contributed by atoms with van der Waals surface area (Å²) in [5.41, 5.74) is 1.32. The van der Waals surface area contributed by atoms with Crippen LogP contribution in [0, 0.1) is 6.92 Å². The summed E-state index contributed by atoms with van der Waals surface area (Å²) in [5.74, 6) is 0.183. The highest BCUT2D eigenvalue weighted by atomic mass is 16.3. The van der Waals surface area contributed by atoms with Crippen LogP contribution in [0.2, 0.25) is 0 Å². The largest absolute Gasteiger partial charge is 0.508 e. The monoisotopic (exact) mass is 176 g/mol. The van der Waals surface area contributed by atoms with Gasteiger partial charge in [0.05, 0.1) is 0 Å². The van der Waals surface area contributed by atoms with Crippen molar-refractivity contribution < 1.29 is 9.90 Å². The highest BCUT2D eigenvalue weighted by Crippen LogP contribution is 2.17. The molecule has 0 unspecified atom stereocenters. The molecule has 0 bridgehead atoms. The van der Waals surface area contributed by atoms with Crippen molar-refractivity contribution in [2.45, 2.75) is 13.8 Å². The van der Waals surface area contributed by atoms with E-state index in [1.165, 1.54) is 12.1 Å². The van der Waals surface area contributed by atoms with Gasteiger partial charge in [-0.25, -0.2) is 0 Å². The van der Waals surface area contributed by atoms with E-state index < -0.39 is 0 Å². The van der Waals surface area contributed by atoms with Crippen molar-refractivity contribution in [2.75, 3.05) is 0 Å². The second-order valence-corrected chi connectivity index (χ2v) is 2.87. The van der Waals surface area contributed by atoms with Gasteiger partial charge < -0.3 is 5.11 Å². The molecular weight excluding hydrogens is 164 g/mol. The van der Waals surface area contributed by atoms with E-state index in [1.807, 2.05) is 0 Å². The van der Waals surface area contributed by atoms with Crippen LogP contribution in [0.25, 0.3) is 0 Å². The van der Waals surface area contributed by atoms with Gasteiger partial charge >= 0.3 is 0 Å². The minimum absolute atomic E-state index is 0.0365. The average molecular weight is 176 g/mol. The summed E-state index contributed by atoms with van der Waals surface area (Å²) in [6.07, 6.45) is 3.20. The number of ketones is 1. The van der Waals surface area contributed by atoms with Crippen molar-refractivity contribution in [2.24, 2.45) is 0 Å². The molecule has 0 aliphatic carbocycles. The normalized spacial score (nSPS) is 10.6. The van der Waals surface area contributed by atoms with Gasteiger partial charge in [-0.05, 0) is 43.7 Å². The smallest absolute Gasteiger partial charge is 0.185 e.